The van der Waals surface area contributed by atoms with Crippen LogP contribution in [0.25, 0.3) is 0 Å². The second-order valence-corrected chi connectivity index (χ2v) is 7.21. The maximum Gasteiger partial charge on any atom is 0.291 e. The van der Waals surface area contributed by atoms with Gasteiger partial charge in [-0.1, -0.05) is 30.1 Å². The fourth-order valence-corrected chi connectivity index (χ4v) is 3.09. The third-order valence-corrected chi connectivity index (χ3v) is 4.62. The second kappa shape index (κ2) is 9.69. The van der Waals surface area contributed by atoms with E-state index in [0.29, 0.717) is 33.8 Å². The van der Waals surface area contributed by atoms with Gasteiger partial charge in [0.1, 0.15) is 23.8 Å². The summed E-state index contributed by atoms with van der Waals surface area (Å²) in [5, 5.41) is 10.3. The predicted octanol–water partition coefficient (Wildman–Crippen LogP) is 4.29. The molecule has 158 valence electrons. The van der Waals surface area contributed by atoms with E-state index in [0.717, 1.165) is 6.42 Å². The summed E-state index contributed by atoms with van der Waals surface area (Å²) in [5.74, 6) is 0.114. The number of anilines is 1. The van der Waals surface area contributed by atoms with Crippen molar-refractivity contribution in [2.45, 2.75) is 20.0 Å². The highest BCUT2D eigenvalue weighted by atomic mass is 35.5. The van der Waals surface area contributed by atoms with Gasteiger partial charge < -0.3 is 19.8 Å². The molecule has 3 rings (SSSR count). The standard InChI is InChI=1S/C20H20Cl2N4O4/c1-3-8-23-20(28)18-15(10-24-26(18)2)25-19(27)17-7-5-13(30-17)11-29-16-6-4-12(21)9-14(16)22/h4-7,9-10H,3,8,11H2,1-2H3,(H,23,28)(H,25,27). The Balaban J connectivity index is 1.65. The zero-order valence-corrected chi connectivity index (χ0v) is 17.9. The number of hydrogen-bond acceptors (Lipinski definition) is 5. The third kappa shape index (κ3) is 5.14. The van der Waals surface area contributed by atoms with Crippen LogP contribution in [0.5, 0.6) is 5.75 Å². The number of halogens is 2. The number of furan rings is 1. The first kappa shape index (κ1) is 21.7. The second-order valence-electron chi connectivity index (χ2n) is 6.37. The molecule has 0 spiro atoms. The Morgan fingerprint density at radius 2 is 2.00 bits per heavy atom. The van der Waals surface area contributed by atoms with Crippen LogP contribution in [0.3, 0.4) is 0 Å². The summed E-state index contributed by atoms with van der Waals surface area (Å²) in [5.41, 5.74) is 0.544. The predicted molar refractivity (Wildman–Crippen MR) is 113 cm³/mol. The summed E-state index contributed by atoms with van der Waals surface area (Å²) >= 11 is 11.9. The topological polar surface area (TPSA) is 98.4 Å². The zero-order valence-electron chi connectivity index (χ0n) is 16.4. The lowest BCUT2D eigenvalue weighted by Crippen LogP contribution is -2.27. The van der Waals surface area contributed by atoms with E-state index in [1.807, 2.05) is 6.92 Å². The molecule has 0 unspecified atom stereocenters. The smallest absolute Gasteiger partial charge is 0.291 e. The minimum atomic E-state index is -0.511. The molecule has 2 heterocycles. The number of carbonyl (C=O) groups excluding carboxylic acids is 2. The molecule has 30 heavy (non-hydrogen) atoms. The highest BCUT2D eigenvalue weighted by molar-refractivity contribution is 6.35. The van der Waals surface area contributed by atoms with Gasteiger partial charge in [0.15, 0.2) is 5.76 Å². The van der Waals surface area contributed by atoms with E-state index >= 15 is 0 Å². The highest BCUT2D eigenvalue weighted by Gasteiger charge is 2.20. The monoisotopic (exact) mass is 450 g/mol. The average molecular weight is 451 g/mol. The molecule has 3 aromatic rings. The van der Waals surface area contributed by atoms with Crippen LogP contribution in [0.15, 0.2) is 40.9 Å². The van der Waals surface area contributed by atoms with E-state index in [1.165, 1.54) is 16.9 Å². The van der Waals surface area contributed by atoms with Gasteiger partial charge >= 0.3 is 0 Å². The molecule has 1 aromatic carbocycles. The molecule has 0 aliphatic rings. The van der Waals surface area contributed by atoms with Gasteiger partial charge in [-0.15, -0.1) is 0 Å². The normalized spacial score (nSPS) is 10.7. The Bertz CT molecular complexity index is 1060. The number of nitrogens with zero attached hydrogens (tertiary/aromatic N) is 2. The van der Waals surface area contributed by atoms with Gasteiger partial charge in [-0.2, -0.15) is 5.10 Å². The van der Waals surface area contributed by atoms with Gasteiger partial charge in [-0.25, -0.2) is 0 Å². The molecular formula is C20H20Cl2N4O4. The molecule has 0 radical (unpaired) electrons. The van der Waals surface area contributed by atoms with E-state index in [4.69, 9.17) is 32.4 Å². The average Bonchev–Trinajstić information content (AvgIpc) is 3.32. The van der Waals surface area contributed by atoms with Crippen LogP contribution in [-0.2, 0) is 13.7 Å². The number of amides is 2. The largest absolute Gasteiger partial charge is 0.484 e. The number of carbonyl (C=O) groups is 2. The minimum Gasteiger partial charge on any atom is -0.484 e. The number of hydrogen-bond donors (Lipinski definition) is 2. The number of rotatable bonds is 8. The van der Waals surface area contributed by atoms with Gasteiger partial charge in [0.05, 0.1) is 16.9 Å². The summed E-state index contributed by atoms with van der Waals surface area (Å²) in [7, 11) is 1.63. The van der Waals surface area contributed by atoms with E-state index in [9.17, 15) is 9.59 Å². The van der Waals surface area contributed by atoms with Gasteiger partial charge in [-0.3, -0.25) is 14.3 Å². The molecule has 0 atom stereocenters. The molecule has 0 saturated heterocycles. The molecule has 0 saturated carbocycles. The van der Waals surface area contributed by atoms with E-state index < -0.39 is 5.91 Å². The summed E-state index contributed by atoms with van der Waals surface area (Å²) in [6.07, 6.45) is 2.21. The zero-order chi connectivity index (χ0) is 21.7. The number of aromatic nitrogens is 2. The molecule has 2 N–H and O–H groups in total. The Kier molecular flexibility index (Phi) is 7.02. The van der Waals surface area contributed by atoms with E-state index in [-0.39, 0.29) is 24.0 Å². The van der Waals surface area contributed by atoms with Crippen molar-refractivity contribution in [2.24, 2.45) is 7.05 Å². The lowest BCUT2D eigenvalue weighted by atomic mass is 10.3. The quantitative estimate of drug-likeness (QED) is 0.533. The Hall–Kier alpha value is -2.97. The maximum absolute atomic E-state index is 12.5. The summed E-state index contributed by atoms with van der Waals surface area (Å²) in [6.45, 7) is 2.55. The minimum absolute atomic E-state index is 0.0690. The molecule has 0 aliphatic heterocycles. The third-order valence-electron chi connectivity index (χ3n) is 4.09. The van der Waals surface area contributed by atoms with Crippen molar-refractivity contribution in [3.05, 3.63) is 63.8 Å². The van der Waals surface area contributed by atoms with Crippen LogP contribution in [-0.4, -0.2) is 28.1 Å². The van der Waals surface area contributed by atoms with Crippen molar-refractivity contribution in [1.29, 1.82) is 0 Å². The number of nitrogens with one attached hydrogen (secondary N) is 2. The number of benzene rings is 1. The van der Waals surface area contributed by atoms with Crippen LogP contribution in [0, 0.1) is 0 Å². The molecule has 2 amide bonds. The van der Waals surface area contributed by atoms with Crippen molar-refractivity contribution in [3.8, 4) is 5.75 Å². The number of ether oxygens (including phenoxy) is 1. The van der Waals surface area contributed by atoms with Crippen LogP contribution in [0.4, 0.5) is 5.69 Å². The number of aryl methyl sites for hydroxylation is 1. The molecule has 0 fully saturated rings. The SMILES string of the molecule is CCCNC(=O)c1c(NC(=O)c2ccc(COc3ccc(Cl)cc3Cl)o2)cnn1C. The van der Waals surface area contributed by atoms with E-state index in [2.05, 4.69) is 15.7 Å². The van der Waals surface area contributed by atoms with Gasteiger partial charge in [0, 0.05) is 18.6 Å². The van der Waals surface area contributed by atoms with Crippen molar-refractivity contribution in [1.82, 2.24) is 15.1 Å². The molecule has 0 aliphatic carbocycles. The van der Waals surface area contributed by atoms with Gasteiger partial charge in [0.2, 0.25) is 0 Å². The summed E-state index contributed by atoms with van der Waals surface area (Å²) in [6, 6.07) is 8.02. The first-order chi connectivity index (χ1) is 14.4. The van der Waals surface area contributed by atoms with Crippen molar-refractivity contribution < 1.29 is 18.7 Å². The first-order valence-corrected chi connectivity index (χ1v) is 9.92. The summed E-state index contributed by atoms with van der Waals surface area (Å²) in [4.78, 5) is 24.9. The van der Waals surface area contributed by atoms with Crippen molar-refractivity contribution in [2.75, 3.05) is 11.9 Å². The molecule has 8 nitrogen and oxygen atoms in total. The lowest BCUT2D eigenvalue weighted by Gasteiger charge is -2.08. The lowest BCUT2D eigenvalue weighted by molar-refractivity contribution is 0.0945. The van der Waals surface area contributed by atoms with Crippen LogP contribution in [0.1, 0.15) is 40.1 Å². The Morgan fingerprint density at radius 1 is 1.20 bits per heavy atom. The van der Waals surface area contributed by atoms with Crippen molar-refractivity contribution in [3.63, 3.8) is 0 Å². The first-order valence-electron chi connectivity index (χ1n) is 9.17. The molecular weight excluding hydrogens is 431 g/mol. The van der Waals surface area contributed by atoms with Gasteiger partial charge in [-0.05, 0) is 36.8 Å². The molecule has 0 bridgehead atoms. The molecule has 2 aromatic heterocycles. The van der Waals surface area contributed by atoms with Crippen LogP contribution < -0.4 is 15.4 Å². The van der Waals surface area contributed by atoms with E-state index in [1.54, 1.807) is 31.3 Å². The van der Waals surface area contributed by atoms with Gasteiger partial charge in [0.25, 0.3) is 11.8 Å². The fourth-order valence-electron chi connectivity index (χ4n) is 2.62. The van der Waals surface area contributed by atoms with Crippen molar-refractivity contribution >= 4 is 40.7 Å². The summed E-state index contributed by atoms with van der Waals surface area (Å²) < 4.78 is 12.5. The Morgan fingerprint density at radius 3 is 2.73 bits per heavy atom. The maximum atomic E-state index is 12.5. The fraction of sp³-hybridized carbons (Fsp3) is 0.250. The van der Waals surface area contributed by atoms with Crippen LogP contribution in [0.2, 0.25) is 10.0 Å². The molecule has 10 heteroatoms. The Labute approximate surface area is 183 Å². The highest BCUT2D eigenvalue weighted by Crippen LogP contribution is 2.28. The van der Waals surface area contributed by atoms with Crippen LogP contribution >= 0.6 is 23.2 Å².